The SMILES string of the molecule is CCc1nn(C)c(CC(O)c2c(C)nn(C)c2C)c1Br. The van der Waals surface area contributed by atoms with Crippen molar-refractivity contribution in [2.75, 3.05) is 0 Å². The van der Waals surface area contributed by atoms with Gasteiger partial charge >= 0.3 is 0 Å². The number of aliphatic hydroxyl groups is 1. The van der Waals surface area contributed by atoms with E-state index in [0.29, 0.717) is 6.42 Å². The van der Waals surface area contributed by atoms with E-state index >= 15 is 0 Å². The Morgan fingerprint density at radius 2 is 1.85 bits per heavy atom. The molecular formula is C14H21BrN4O. The van der Waals surface area contributed by atoms with Crippen LogP contribution in [0.5, 0.6) is 0 Å². The number of rotatable bonds is 4. The molecule has 2 aromatic heterocycles. The molecule has 0 amide bonds. The van der Waals surface area contributed by atoms with Crippen molar-refractivity contribution in [2.24, 2.45) is 14.1 Å². The third-order valence-corrected chi connectivity index (χ3v) is 4.70. The maximum Gasteiger partial charge on any atom is 0.0881 e. The number of aliphatic hydroxyl groups excluding tert-OH is 1. The van der Waals surface area contributed by atoms with Crippen molar-refractivity contribution in [1.82, 2.24) is 19.6 Å². The topological polar surface area (TPSA) is 55.9 Å². The van der Waals surface area contributed by atoms with Crippen LogP contribution in [0, 0.1) is 13.8 Å². The first-order valence-electron chi connectivity index (χ1n) is 6.75. The van der Waals surface area contributed by atoms with Crippen molar-refractivity contribution in [3.05, 3.63) is 32.8 Å². The summed E-state index contributed by atoms with van der Waals surface area (Å²) >= 11 is 3.59. The number of aromatic nitrogens is 4. The zero-order chi connectivity index (χ0) is 15.0. The second-order valence-electron chi connectivity index (χ2n) is 5.11. The minimum atomic E-state index is -0.569. The van der Waals surface area contributed by atoms with Crippen molar-refractivity contribution >= 4 is 15.9 Å². The molecule has 1 atom stereocenters. The summed E-state index contributed by atoms with van der Waals surface area (Å²) in [5.41, 5.74) is 4.83. The van der Waals surface area contributed by atoms with Gasteiger partial charge in [0.15, 0.2) is 0 Å². The summed E-state index contributed by atoms with van der Waals surface area (Å²) in [5, 5.41) is 19.4. The summed E-state index contributed by atoms with van der Waals surface area (Å²) in [5.74, 6) is 0. The van der Waals surface area contributed by atoms with E-state index in [2.05, 4.69) is 33.1 Å². The summed E-state index contributed by atoms with van der Waals surface area (Å²) < 4.78 is 4.65. The van der Waals surface area contributed by atoms with Crippen LogP contribution in [0.25, 0.3) is 0 Å². The molecule has 0 fully saturated rings. The van der Waals surface area contributed by atoms with E-state index in [1.54, 1.807) is 0 Å². The number of halogens is 1. The first-order chi connectivity index (χ1) is 9.36. The molecule has 0 saturated heterocycles. The molecule has 0 aliphatic carbocycles. The van der Waals surface area contributed by atoms with Crippen LogP contribution in [0.3, 0.4) is 0 Å². The van der Waals surface area contributed by atoms with Gasteiger partial charge in [-0.05, 0) is 36.2 Å². The van der Waals surface area contributed by atoms with Crippen LogP contribution in [-0.2, 0) is 26.9 Å². The average molecular weight is 341 g/mol. The summed E-state index contributed by atoms with van der Waals surface area (Å²) in [6, 6.07) is 0. The van der Waals surface area contributed by atoms with Crippen LogP contribution < -0.4 is 0 Å². The Balaban J connectivity index is 2.32. The molecule has 0 saturated carbocycles. The fourth-order valence-electron chi connectivity index (χ4n) is 2.60. The first kappa shape index (κ1) is 15.3. The molecule has 1 N–H and O–H groups in total. The van der Waals surface area contributed by atoms with Crippen molar-refractivity contribution in [3.8, 4) is 0 Å². The van der Waals surface area contributed by atoms with Crippen LogP contribution in [0.1, 0.15) is 41.4 Å². The Kier molecular flexibility index (Phi) is 4.34. The second-order valence-corrected chi connectivity index (χ2v) is 5.91. The fraction of sp³-hybridized carbons (Fsp3) is 0.571. The highest BCUT2D eigenvalue weighted by Gasteiger charge is 2.22. The van der Waals surface area contributed by atoms with Crippen LogP contribution in [0.4, 0.5) is 0 Å². The monoisotopic (exact) mass is 340 g/mol. The van der Waals surface area contributed by atoms with Crippen LogP contribution in [0.15, 0.2) is 4.47 Å². The van der Waals surface area contributed by atoms with Crippen LogP contribution in [-0.4, -0.2) is 24.7 Å². The van der Waals surface area contributed by atoms with Gasteiger partial charge in [-0.1, -0.05) is 6.92 Å². The minimum absolute atomic E-state index is 0.525. The van der Waals surface area contributed by atoms with E-state index in [4.69, 9.17) is 0 Å². The molecule has 0 aromatic carbocycles. The molecular weight excluding hydrogens is 320 g/mol. The van der Waals surface area contributed by atoms with Gasteiger partial charge in [-0.15, -0.1) is 0 Å². The highest BCUT2D eigenvalue weighted by molar-refractivity contribution is 9.10. The van der Waals surface area contributed by atoms with Crippen molar-refractivity contribution in [3.63, 3.8) is 0 Å². The Bertz CT molecular complexity index is 630. The molecule has 0 aliphatic rings. The lowest BCUT2D eigenvalue weighted by molar-refractivity contribution is 0.174. The lowest BCUT2D eigenvalue weighted by Gasteiger charge is -2.12. The third-order valence-electron chi connectivity index (χ3n) is 3.79. The minimum Gasteiger partial charge on any atom is -0.388 e. The summed E-state index contributed by atoms with van der Waals surface area (Å²) in [6.45, 7) is 5.98. The highest BCUT2D eigenvalue weighted by atomic mass is 79.9. The van der Waals surface area contributed by atoms with Gasteiger partial charge in [0.25, 0.3) is 0 Å². The number of hydrogen-bond acceptors (Lipinski definition) is 3. The Labute approximate surface area is 127 Å². The molecule has 0 radical (unpaired) electrons. The lowest BCUT2D eigenvalue weighted by Crippen LogP contribution is -2.09. The molecule has 2 rings (SSSR count). The van der Waals surface area contributed by atoms with Crippen molar-refractivity contribution in [2.45, 2.75) is 39.7 Å². The quantitative estimate of drug-likeness (QED) is 0.929. The van der Waals surface area contributed by atoms with Gasteiger partial charge in [0.2, 0.25) is 0 Å². The van der Waals surface area contributed by atoms with Crippen LogP contribution in [0.2, 0.25) is 0 Å². The third kappa shape index (κ3) is 2.54. The Hall–Kier alpha value is -1.14. The largest absolute Gasteiger partial charge is 0.388 e. The van der Waals surface area contributed by atoms with E-state index in [9.17, 15) is 5.11 Å². The predicted octanol–water partition coefficient (Wildman–Crippen LogP) is 2.37. The smallest absolute Gasteiger partial charge is 0.0881 e. The maximum atomic E-state index is 10.6. The van der Waals surface area contributed by atoms with Gasteiger partial charge < -0.3 is 5.11 Å². The van der Waals surface area contributed by atoms with Crippen molar-refractivity contribution < 1.29 is 5.11 Å². The maximum absolute atomic E-state index is 10.6. The average Bonchev–Trinajstić information content (AvgIpc) is 2.79. The zero-order valence-corrected chi connectivity index (χ0v) is 14.2. The van der Waals surface area contributed by atoms with Gasteiger partial charge in [0.1, 0.15) is 0 Å². The molecule has 2 heterocycles. The molecule has 110 valence electrons. The standard InChI is InChI=1S/C14H21BrN4O/c1-6-10-14(15)11(19(5)17-10)7-12(20)13-8(2)16-18(4)9(13)3/h12,20H,6-7H2,1-5H3. The number of nitrogens with zero attached hydrogens (tertiary/aromatic N) is 4. The Morgan fingerprint density at radius 1 is 1.20 bits per heavy atom. The van der Waals surface area contributed by atoms with Gasteiger partial charge in [-0.3, -0.25) is 9.36 Å². The normalized spacial score (nSPS) is 12.9. The van der Waals surface area contributed by atoms with Gasteiger partial charge in [0, 0.05) is 31.8 Å². The molecule has 20 heavy (non-hydrogen) atoms. The lowest BCUT2D eigenvalue weighted by atomic mass is 10.0. The molecule has 0 aliphatic heterocycles. The molecule has 6 heteroatoms. The fourth-order valence-corrected chi connectivity index (χ4v) is 3.38. The molecule has 1 unspecified atom stereocenters. The molecule has 0 spiro atoms. The predicted molar refractivity (Wildman–Crippen MR) is 81.6 cm³/mol. The van der Waals surface area contributed by atoms with E-state index in [1.165, 1.54) is 0 Å². The Morgan fingerprint density at radius 3 is 2.30 bits per heavy atom. The van der Waals surface area contributed by atoms with Gasteiger partial charge in [-0.25, -0.2) is 0 Å². The van der Waals surface area contributed by atoms with E-state index in [-0.39, 0.29) is 0 Å². The van der Waals surface area contributed by atoms with Gasteiger partial charge in [-0.2, -0.15) is 10.2 Å². The van der Waals surface area contributed by atoms with Crippen LogP contribution >= 0.6 is 15.9 Å². The van der Waals surface area contributed by atoms with E-state index in [1.807, 2.05) is 37.3 Å². The number of aryl methyl sites for hydroxylation is 4. The number of hydrogen-bond donors (Lipinski definition) is 1. The molecule has 2 aromatic rings. The van der Waals surface area contributed by atoms with E-state index < -0.39 is 6.10 Å². The summed E-state index contributed by atoms with van der Waals surface area (Å²) in [6.07, 6.45) is 0.826. The van der Waals surface area contributed by atoms with E-state index in [0.717, 1.165) is 39.2 Å². The summed E-state index contributed by atoms with van der Waals surface area (Å²) in [7, 11) is 3.81. The molecule has 5 nitrogen and oxygen atoms in total. The highest BCUT2D eigenvalue weighted by Crippen LogP contribution is 2.29. The van der Waals surface area contributed by atoms with Gasteiger partial charge in [0.05, 0.1) is 27.7 Å². The summed E-state index contributed by atoms with van der Waals surface area (Å²) in [4.78, 5) is 0. The van der Waals surface area contributed by atoms with Crippen molar-refractivity contribution in [1.29, 1.82) is 0 Å². The molecule has 0 bridgehead atoms. The zero-order valence-electron chi connectivity index (χ0n) is 12.6. The second kappa shape index (κ2) is 5.69. The first-order valence-corrected chi connectivity index (χ1v) is 7.54.